The van der Waals surface area contributed by atoms with Crippen molar-refractivity contribution in [1.82, 2.24) is 10.3 Å². The molecule has 2 aromatic rings. The van der Waals surface area contributed by atoms with Crippen molar-refractivity contribution in [3.63, 3.8) is 0 Å². The molecule has 106 valence electrons. The van der Waals surface area contributed by atoms with E-state index in [9.17, 15) is 5.11 Å². The third-order valence-electron chi connectivity index (χ3n) is 3.07. The molecule has 2 rings (SSSR count). The Labute approximate surface area is 128 Å². The average molecular weight is 311 g/mol. The van der Waals surface area contributed by atoms with Crippen LogP contribution in [0.1, 0.15) is 30.3 Å². The summed E-state index contributed by atoms with van der Waals surface area (Å²) in [6.45, 7) is 2.37. The minimum absolute atomic E-state index is 0.0452. The number of aliphatic hydroxyl groups is 1. The Balaban J connectivity index is 1.98. The molecular formula is C15H16Cl2N2O. The molecular weight excluding hydrogens is 295 g/mol. The van der Waals surface area contributed by atoms with Gasteiger partial charge in [0.2, 0.25) is 0 Å². The lowest BCUT2D eigenvalue weighted by Gasteiger charge is -2.18. The van der Waals surface area contributed by atoms with Gasteiger partial charge in [0.05, 0.1) is 11.8 Å². The Hall–Kier alpha value is -1.13. The predicted molar refractivity (Wildman–Crippen MR) is 82.1 cm³/mol. The molecule has 1 unspecified atom stereocenters. The summed E-state index contributed by atoms with van der Waals surface area (Å²) in [6, 6.07) is 10.9. The Morgan fingerprint density at radius 2 is 2.05 bits per heavy atom. The molecule has 0 spiro atoms. The number of halogens is 2. The van der Waals surface area contributed by atoms with E-state index in [1.807, 2.05) is 25.1 Å². The molecule has 0 aliphatic carbocycles. The molecule has 0 saturated carbocycles. The van der Waals surface area contributed by atoms with Gasteiger partial charge in [-0.15, -0.1) is 0 Å². The normalized spacial score (nSPS) is 14.0. The molecule has 5 heteroatoms. The first-order valence-corrected chi connectivity index (χ1v) is 7.11. The van der Waals surface area contributed by atoms with E-state index in [4.69, 9.17) is 23.2 Å². The first-order valence-electron chi connectivity index (χ1n) is 6.35. The fourth-order valence-electron chi connectivity index (χ4n) is 1.91. The van der Waals surface area contributed by atoms with Gasteiger partial charge in [-0.05, 0) is 37.3 Å². The van der Waals surface area contributed by atoms with Crippen molar-refractivity contribution in [1.29, 1.82) is 0 Å². The van der Waals surface area contributed by atoms with Crippen LogP contribution in [0.2, 0.25) is 10.0 Å². The van der Waals surface area contributed by atoms with Gasteiger partial charge < -0.3 is 10.4 Å². The van der Waals surface area contributed by atoms with Crippen LogP contribution in [0.5, 0.6) is 0 Å². The monoisotopic (exact) mass is 310 g/mol. The highest BCUT2D eigenvalue weighted by Crippen LogP contribution is 2.26. The SMILES string of the molecule is C[C@@H](NCC(O)c1cc(Cl)ccc1Cl)c1ccccn1. The van der Waals surface area contributed by atoms with Crippen molar-refractivity contribution in [3.8, 4) is 0 Å². The largest absolute Gasteiger partial charge is 0.387 e. The summed E-state index contributed by atoms with van der Waals surface area (Å²) in [5.74, 6) is 0. The van der Waals surface area contributed by atoms with E-state index in [1.165, 1.54) is 0 Å². The fourth-order valence-corrected chi connectivity index (χ4v) is 2.33. The highest BCUT2D eigenvalue weighted by atomic mass is 35.5. The zero-order valence-corrected chi connectivity index (χ0v) is 12.6. The maximum absolute atomic E-state index is 10.2. The molecule has 1 heterocycles. The van der Waals surface area contributed by atoms with Crippen LogP contribution in [-0.4, -0.2) is 16.6 Å². The first kappa shape index (κ1) is 15.3. The number of aliphatic hydroxyl groups excluding tert-OH is 1. The molecule has 1 aromatic carbocycles. The van der Waals surface area contributed by atoms with Gasteiger partial charge >= 0.3 is 0 Å². The highest BCUT2D eigenvalue weighted by Gasteiger charge is 2.14. The average Bonchev–Trinajstić information content (AvgIpc) is 2.47. The van der Waals surface area contributed by atoms with Crippen molar-refractivity contribution < 1.29 is 5.11 Å². The van der Waals surface area contributed by atoms with Crippen LogP contribution in [0.15, 0.2) is 42.6 Å². The molecule has 1 aromatic heterocycles. The molecule has 0 radical (unpaired) electrons. The van der Waals surface area contributed by atoms with Crippen molar-refractivity contribution in [2.45, 2.75) is 19.1 Å². The van der Waals surface area contributed by atoms with Gasteiger partial charge in [-0.2, -0.15) is 0 Å². The van der Waals surface area contributed by atoms with Crippen LogP contribution in [0, 0.1) is 0 Å². The second kappa shape index (κ2) is 7.04. The summed E-state index contributed by atoms with van der Waals surface area (Å²) in [5.41, 5.74) is 1.55. The van der Waals surface area contributed by atoms with Crippen LogP contribution < -0.4 is 5.32 Å². The van der Waals surface area contributed by atoms with Crippen LogP contribution in [-0.2, 0) is 0 Å². The zero-order valence-electron chi connectivity index (χ0n) is 11.1. The van der Waals surface area contributed by atoms with Gasteiger partial charge in [0.15, 0.2) is 0 Å². The maximum Gasteiger partial charge on any atom is 0.0929 e. The van der Waals surface area contributed by atoms with Crippen molar-refractivity contribution >= 4 is 23.2 Å². The summed E-state index contributed by atoms with van der Waals surface area (Å²) in [5, 5.41) is 14.5. The number of aromatic nitrogens is 1. The lowest BCUT2D eigenvalue weighted by Crippen LogP contribution is -2.25. The molecule has 0 fully saturated rings. The zero-order chi connectivity index (χ0) is 14.5. The number of pyridine rings is 1. The highest BCUT2D eigenvalue weighted by molar-refractivity contribution is 6.33. The van der Waals surface area contributed by atoms with Crippen LogP contribution in [0.25, 0.3) is 0 Å². The van der Waals surface area contributed by atoms with E-state index in [0.717, 1.165) is 5.69 Å². The summed E-state index contributed by atoms with van der Waals surface area (Å²) in [7, 11) is 0. The Bertz CT molecular complexity index is 563. The van der Waals surface area contributed by atoms with Crippen LogP contribution in [0.4, 0.5) is 0 Å². The summed E-state index contributed by atoms with van der Waals surface area (Å²) in [4.78, 5) is 4.27. The molecule has 0 bridgehead atoms. The van der Waals surface area contributed by atoms with E-state index >= 15 is 0 Å². The van der Waals surface area contributed by atoms with Gasteiger partial charge in [0.1, 0.15) is 0 Å². The molecule has 2 N–H and O–H groups in total. The van der Waals surface area contributed by atoms with Crippen molar-refractivity contribution in [3.05, 3.63) is 63.9 Å². The summed E-state index contributed by atoms with van der Waals surface area (Å²) < 4.78 is 0. The lowest BCUT2D eigenvalue weighted by molar-refractivity contribution is 0.170. The lowest BCUT2D eigenvalue weighted by atomic mass is 10.1. The Morgan fingerprint density at radius 3 is 2.75 bits per heavy atom. The molecule has 20 heavy (non-hydrogen) atoms. The molecule has 3 nitrogen and oxygen atoms in total. The molecule has 0 amide bonds. The van der Waals surface area contributed by atoms with Gasteiger partial charge in [-0.1, -0.05) is 29.3 Å². The predicted octanol–water partition coefficient (Wildman–Crippen LogP) is 3.77. The number of benzene rings is 1. The molecule has 0 saturated heterocycles. The summed E-state index contributed by atoms with van der Waals surface area (Å²) in [6.07, 6.45) is 1.03. The van der Waals surface area contributed by atoms with E-state index in [1.54, 1.807) is 24.4 Å². The van der Waals surface area contributed by atoms with Gasteiger partial charge in [-0.3, -0.25) is 4.98 Å². The second-order valence-corrected chi connectivity index (χ2v) is 5.41. The van der Waals surface area contributed by atoms with Crippen molar-refractivity contribution in [2.24, 2.45) is 0 Å². The minimum Gasteiger partial charge on any atom is -0.387 e. The standard InChI is InChI=1S/C15H16Cl2N2O/c1-10(14-4-2-3-7-18-14)19-9-15(20)12-8-11(16)5-6-13(12)17/h2-8,10,15,19-20H,9H2,1H3/t10-,15?/m1/s1. The number of nitrogens with zero attached hydrogens (tertiary/aromatic N) is 1. The minimum atomic E-state index is -0.715. The first-order chi connectivity index (χ1) is 9.58. The molecule has 0 aliphatic rings. The second-order valence-electron chi connectivity index (χ2n) is 4.57. The Kier molecular flexibility index (Phi) is 5.38. The molecule has 2 atom stereocenters. The third-order valence-corrected chi connectivity index (χ3v) is 3.65. The third kappa shape index (κ3) is 3.93. The number of hydrogen-bond donors (Lipinski definition) is 2. The van der Waals surface area contributed by atoms with Gasteiger partial charge in [-0.25, -0.2) is 0 Å². The Morgan fingerprint density at radius 1 is 1.25 bits per heavy atom. The number of hydrogen-bond acceptors (Lipinski definition) is 3. The maximum atomic E-state index is 10.2. The van der Waals surface area contributed by atoms with Gasteiger partial charge in [0.25, 0.3) is 0 Å². The van der Waals surface area contributed by atoms with Crippen LogP contribution in [0.3, 0.4) is 0 Å². The van der Waals surface area contributed by atoms with E-state index in [0.29, 0.717) is 22.2 Å². The van der Waals surface area contributed by atoms with Gasteiger partial charge in [0, 0.05) is 34.4 Å². The molecule has 0 aliphatic heterocycles. The van der Waals surface area contributed by atoms with E-state index < -0.39 is 6.10 Å². The summed E-state index contributed by atoms with van der Waals surface area (Å²) >= 11 is 12.0. The topological polar surface area (TPSA) is 45.1 Å². The van der Waals surface area contributed by atoms with E-state index in [2.05, 4.69) is 10.3 Å². The van der Waals surface area contributed by atoms with Crippen molar-refractivity contribution in [2.75, 3.05) is 6.54 Å². The number of rotatable bonds is 5. The fraction of sp³-hybridized carbons (Fsp3) is 0.267. The quantitative estimate of drug-likeness (QED) is 0.883. The van der Waals surface area contributed by atoms with E-state index in [-0.39, 0.29) is 6.04 Å². The number of nitrogens with one attached hydrogen (secondary N) is 1. The van der Waals surface area contributed by atoms with Crippen LogP contribution >= 0.6 is 23.2 Å². The smallest absolute Gasteiger partial charge is 0.0929 e.